The fourth-order valence-electron chi connectivity index (χ4n) is 1.74. The normalized spacial score (nSPS) is 18.1. The van der Waals surface area contributed by atoms with E-state index >= 15 is 0 Å². The van der Waals surface area contributed by atoms with E-state index in [0.717, 1.165) is 0 Å². The van der Waals surface area contributed by atoms with Crippen LogP contribution in [0.25, 0.3) is 6.08 Å². The van der Waals surface area contributed by atoms with E-state index in [-0.39, 0.29) is 15.6 Å². The quantitative estimate of drug-likeness (QED) is 0.773. The minimum atomic E-state index is -3.55. The summed E-state index contributed by atoms with van der Waals surface area (Å²) in [6.45, 7) is 3.28. The Kier molecular flexibility index (Phi) is 2.15. The fraction of sp³-hybridized carbons (Fsp3) is 0.273. The van der Waals surface area contributed by atoms with Crippen molar-refractivity contribution in [3.05, 3.63) is 28.7 Å². The number of nitrogens with two attached hydrogens (primary N) is 1. The van der Waals surface area contributed by atoms with Crippen LogP contribution < -0.4 is 5.73 Å². The van der Waals surface area contributed by atoms with Gasteiger partial charge in [-0.1, -0.05) is 0 Å². The third kappa shape index (κ3) is 1.52. The van der Waals surface area contributed by atoms with Crippen LogP contribution in [0.1, 0.15) is 19.4 Å². The zero-order valence-electron chi connectivity index (χ0n) is 9.06. The molecule has 0 atom stereocenters. The molecule has 0 aliphatic carbocycles. The Labute approximate surface area is 94.3 Å². The van der Waals surface area contributed by atoms with Crippen LogP contribution in [-0.4, -0.2) is 19.1 Å². The van der Waals surface area contributed by atoms with Gasteiger partial charge in [-0.05, 0) is 43.7 Å². The molecule has 0 saturated carbocycles. The molecule has 86 valence electrons. The molecule has 0 unspecified atom stereocenters. The first kappa shape index (κ1) is 11.2. The summed E-state index contributed by atoms with van der Waals surface area (Å²) in [5.41, 5.74) is 5.48. The molecule has 0 bridgehead atoms. The average Bonchev–Trinajstić information content (AvgIpc) is 2.38. The van der Waals surface area contributed by atoms with E-state index in [4.69, 9.17) is 5.73 Å². The number of aromatic hydroxyl groups is 1. The van der Waals surface area contributed by atoms with Crippen LogP contribution in [0.3, 0.4) is 0 Å². The van der Waals surface area contributed by atoms with E-state index in [0.29, 0.717) is 5.56 Å². The molecule has 1 aliphatic rings. The lowest BCUT2D eigenvalue weighted by Crippen LogP contribution is -2.36. The monoisotopic (exact) mass is 239 g/mol. The molecule has 1 aliphatic heterocycles. The minimum Gasteiger partial charge on any atom is -0.508 e. The first-order chi connectivity index (χ1) is 7.23. The second-order valence-corrected chi connectivity index (χ2v) is 6.34. The molecule has 3 N–H and O–H groups in total. The maximum Gasteiger partial charge on any atom is 0.205 e. The van der Waals surface area contributed by atoms with Gasteiger partial charge in [-0.25, -0.2) is 8.42 Å². The van der Waals surface area contributed by atoms with Crippen LogP contribution in [0.15, 0.2) is 28.0 Å². The number of rotatable bonds is 1. The Balaban J connectivity index is 2.70. The third-order valence-electron chi connectivity index (χ3n) is 2.50. The highest BCUT2D eigenvalue weighted by atomic mass is 32.2. The number of phenols is 1. The van der Waals surface area contributed by atoms with Crippen LogP contribution in [0, 0.1) is 0 Å². The van der Waals surface area contributed by atoms with Crippen LogP contribution in [0.5, 0.6) is 5.75 Å². The van der Waals surface area contributed by atoms with Gasteiger partial charge in [0.25, 0.3) is 0 Å². The summed E-state index contributed by atoms with van der Waals surface area (Å²) in [4.78, 5) is 0.307. The Morgan fingerprint density at radius 2 is 1.94 bits per heavy atom. The van der Waals surface area contributed by atoms with Crippen molar-refractivity contribution < 1.29 is 13.5 Å². The molecular weight excluding hydrogens is 226 g/mol. The molecule has 0 fully saturated rings. The van der Waals surface area contributed by atoms with Gasteiger partial charge in [0.1, 0.15) is 5.75 Å². The molecule has 0 spiro atoms. The van der Waals surface area contributed by atoms with Crippen molar-refractivity contribution in [3.63, 3.8) is 0 Å². The van der Waals surface area contributed by atoms with Gasteiger partial charge < -0.3 is 10.8 Å². The maximum atomic E-state index is 12.1. The number of hydrogen-bond donors (Lipinski definition) is 2. The topological polar surface area (TPSA) is 80.4 Å². The lowest BCUT2D eigenvalue weighted by molar-refractivity contribution is 0.473. The smallest absolute Gasteiger partial charge is 0.205 e. The Morgan fingerprint density at radius 3 is 2.50 bits per heavy atom. The zero-order valence-corrected chi connectivity index (χ0v) is 9.88. The van der Waals surface area contributed by atoms with Gasteiger partial charge >= 0.3 is 0 Å². The molecular formula is C11H13NO3S. The molecule has 0 amide bonds. The maximum absolute atomic E-state index is 12.1. The number of hydrogen-bond acceptors (Lipinski definition) is 4. The van der Waals surface area contributed by atoms with Crippen molar-refractivity contribution in [1.82, 2.24) is 0 Å². The van der Waals surface area contributed by atoms with E-state index in [1.54, 1.807) is 26.0 Å². The lowest BCUT2D eigenvalue weighted by Gasteiger charge is -2.19. The molecule has 1 aromatic rings. The minimum absolute atomic E-state index is 0.0631. The average molecular weight is 239 g/mol. The Hall–Kier alpha value is -1.33. The standard InChI is InChI=1S/C11H13NO3S/c1-11(2,12)10-5-7-3-4-8(13)6-9(7)16(10,14)15/h3-6,13H,12H2,1-2H3. The van der Waals surface area contributed by atoms with Gasteiger partial charge in [0.2, 0.25) is 9.84 Å². The van der Waals surface area contributed by atoms with Crippen LogP contribution in [-0.2, 0) is 9.84 Å². The summed E-state index contributed by atoms with van der Waals surface area (Å²) in [7, 11) is -3.55. The second-order valence-electron chi connectivity index (χ2n) is 4.46. The molecule has 0 aromatic heterocycles. The number of benzene rings is 1. The Bertz CT molecular complexity index is 580. The summed E-state index contributed by atoms with van der Waals surface area (Å²) in [6, 6.07) is 4.28. The highest BCUT2D eigenvalue weighted by molar-refractivity contribution is 7.96. The van der Waals surface area contributed by atoms with Gasteiger partial charge in [0, 0.05) is 5.54 Å². The molecule has 4 nitrogen and oxygen atoms in total. The van der Waals surface area contributed by atoms with Gasteiger partial charge in [0.15, 0.2) is 0 Å². The van der Waals surface area contributed by atoms with Crippen molar-refractivity contribution in [2.24, 2.45) is 5.73 Å². The van der Waals surface area contributed by atoms with Crippen LogP contribution in [0.2, 0.25) is 0 Å². The van der Waals surface area contributed by atoms with Crippen LogP contribution >= 0.6 is 0 Å². The van der Waals surface area contributed by atoms with Crippen molar-refractivity contribution in [3.8, 4) is 5.75 Å². The fourth-order valence-corrected chi connectivity index (χ4v) is 3.67. The van der Waals surface area contributed by atoms with Gasteiger partial charge in [-0.15, -0.1) is 0 Å². The summed E-state index contributed by atoms with van der Waals surface area (Å²) >= 11 is 0. The van der Waals surface area contributed by atoms with Gasteiger partial charge in [-0.3, -0.25) is 0 Å². The van der Waals surface area contributed by atoms with E-state index in [9.17, 15) is 13.5 Å². The largest absolute Gasteiger partial charge is 0.508 e. The first-order valence-corrected chi connectivity index (χ1v) is 6.30. The van der Waals surface area contributed by atoms with Crippen molar-refractivity contribution in [1.29, 1.82) is 0 Å². The second kappa shape index (κ2) is 3.09. The third-order valence-corrected chi connectivity index (χ3v) is 4.65. The highest BCUT2D eigenvalue weighted by Crippen LogP contribution is 2.38. The molecule has 5 heteroatoms. The summed E-state index contributed by atoms with van der Waals surface area (Å²) in [6.07, 6.45) is 1.56. The lowest BCUT2D eigenvalue weighted by atomic mass is 10.0. The molecule has 1 aromatic carbocycles. The van der Waals surface area contributed by atoms with E-state index in [1.807, 2.05) is 0 Å². The molecule has 1 heterocycles. The number of sulfone groups is 1. The summed E-state index contributed by atoms with van der Waals surface area (Å²) in [5.74, 6) is -0.0631. The van der Waals surface area contributed by atoms with Gasteiger partial charge in [0.05, 0.1) is 9.80 Å². The van der Waals surface area contributed by atoms with E-state index in [1.165, 1.54) is 12.1 Å². The molecule has 0 saturated heterocycles. The van der Waals surface area contributed by atoms with Crippen molar-refractivity contribution in [2.45, 2.75) is 24.3 Å². The number of phenolic OH excluding ortho intramolecular Hbond substituents is 1. The molecule has 16 heavy (non-hydrogen) atoms. The van der Waals surface area contributed by atoms with Crippen LogP contribution in [0.4, 0.5) is 0 Å². The predicted octanol–water partition coefficient (Wildman–Crippen LogP) is 1.26. The van der Waals surface area contributed by atoms with Crippen molar-refractivity contribution in [2.75, 3.05) is 0 Å². The summed E-state index contributed by atoms with van der Waals surface area (Å²) in [5, 5.41) is 9.30. The van der Waals surface area contributed by atoms with Crippen molar-refractivity contribution >= 4 is 15.9 Å². The number of fused-ring (bicyclic) bond motifs is 1. The summed E-state index contributed by atoms with van der Waals surface area (Å²) < 4.78 is 24.2. The van der Waals surface area contributed by atoms with E-state index < -0.39 is 15.4 Å². The predicted molar refractivity (Wildman–Crippen MR) is 61.5 cm³/mol. The van der Waals surface area contributed by atoms with Gasteiger partial charge in [-0.2, -0.15) is 0 Å². The van der Waals surface area contributed by atoms with E-state index in [2.05, 4.69) is 0 Å². The zero-order chi connectivity index (χ0) is 12.1. The first-order valence-electron chi connectivity index (χ1n) is 4.82. The molecule has 2 rings (SSSR count). The SMILES string of the molecule is CC(C)(N)C1=Cc2ccc(O)cc2S1(=O)=O. The Morgan fingerprint density at radius 1 is 1.31 bits per heavy atom. The highest BCUT2D eigenvalue weighted by Gasteiger charge is 2.37. The molecule has 0 radical (unpaired) electrons.